The van der Waals surface area contributed by atoms with Gasteiger partial charge in [0.05, 0.1) is 12.5 Å². The Morgan fingerprint density at radius 1 is 0.576 bits per heavy atom. The quantitative estimate of drug-likeness (QED) is 0.101. The smallest absolute Gasteiger partial charge is 0.306 e. The van der Waals surface area contributed by atoms with Crippen molar-refractivity contribution >= 4 is 11.9 Å². The summed E-state index contributed by atoms with van der Waals surface area (Å²) in [7, 11) is 0. The molecule has 4 nitrogen and oxygen atoms in total. The van der Waals surface area contributed by atoms with Gasteiger partial charge in [0.15, 0.2) is 0 Å². The molecular formula is C29H56O4. The van der Waals surface area contributed by atoms with Crippen LogP contribution in [0.1, 0.15) is 162 Å². The van der Waals surface area contributed by atoms with Crippen LogP contribution in [0.3, 0.4) is 0 Å². The summed E-state index contributed by atoms with van der Waals surface area (Å²) in [6, 6.07) is 0. The largest absolute Gasteiger partial charge is 0.481 e. The van der Waals surface area contributed by atoms with Crippen LogP contribution in [-0.4, -0.2) is 23.7 Å². The second-order valence-corrected chi connectivity index (χ2v) is 9.95. The van der Waals surface area contributed by atoms with Crippen molar-refractivity contribution in [3.8, 4) is 0 Å². The van der Waals surface area contributed by atoms with Gasteiger partial charge in [-0.05, 0) is 19.3 Å². The van der Waals surface area contributed by atoms with Gasteiger partial charge in [0.1, 0.15) is 0 Å². The van der Waals surface area contributed by atoms with E-state index in [1.807, 2.05) is 0 Å². The van der Waals surface area contributed by atoms with Crippen molar-refractivity contribution in [2.45, 2.75) is 162 Å². The first-order valence-electron chi connectivity index (χ1n) is 14.5. The number of hydrogen-bond donors (Lipinski definition) is 1. The van der Waals surface area contributed by atoms with Crippen molar-refractivity contribution in [1.82, 2.24) is 0 Å². The van der Waals surface area contributed by atoms with Gasteiger partial charge in [0, 0.05) is 6.42 Å². The second-order valence-electron chi connectivity index (χ2n) is 9.95. The molecule has 0 saturated heterocycles. The first-order chi connectivity index (χ1) is 16.1. The van der Waals surface area contributed by atoms with Crippen molar-refractivity contribution in [3.05, 3.63) is 0 Å². The number of ether oxygens (including phenoxy) is 1. The van der Waals surface area contributed by atoms with Crippen LogP contribution in [0.2, 0.25) is 0 Å². The lowest BCUT2D eigenvalue weighted by molar-refractivity contribution is -0.145. The average molecular weight is 469 g/mol. The van der Waals surface area contributed by atoms with Crippen molar-refractivity contribution in [1.29, 1.82) is 0 Å². The van der Waals surface area contributed by atoms with Crippen LogP contribution in [0, 0.1) is 5.92 Å². The van der Waals surface area contributed by atoms with E-state index in [0.29, 0.717) is 19.4 Å². The summed E-state index contributed by atoms with van der Waals surface area (Å²) in [6.45, 7) is 4.97. The minimum absolute atomic E-state index is 0.229. The van der Waals surface area contributed by atoms with E-state index < -0.39 is 11.9 Å². The van der Waals surface area contributed by atoms with Crippen molar-refractivity contribution < 1.29 is 19.4 Å². The summed E-state index contributed by atoms with van der Waals surface area (Å²) >= 11 is 0. The summed E-state index contributed by atoms with van der Waals surface area (Å²) in [6.07, 6.45) is 26.4. The van der Waals surface area contributed by atoms with Crippen LogP contribution in [0.15, 0.2) is 0 Å². The zero-order chi connectivity index (χ0) is 24.4. The fourth-order valence-corrected chi connectivity index (χ4v) is 4.41. The third-order valence-corrected chi connectivity index (χ3v) is 6.71. The molecule has 0 fully saturated rings. The Hall–Kier alpha value is -1.06. The van der Waals surface area contributed by atoms with Crippen LogP contribution in [-0.2, 0) is 14.3 Å². The van der Waals surface area contributed by atoms with Crippen molar-refractivity contribution in [2.75, 3.05) is 6.61 Å². The highest BCUT2D eigenvalue weighted by molar-refractivity contribution is 5.73. The minimum atomic E-state index is -0.770. The van der Waals surface area contributed by atoms with Gasteiger partial charge < -0.3 is 9.84 Å². The number of aliphatic carboxylic acids is 1. The van der Waals surface area contributed by atoms with E-state index in [0.717, 1.165) is 25.7 Å². The molecule has 33 heavy (non-hydrogen) atoms. The molecule has 0 aliphatic heterocycles. The molecule has 0 radical (unpaired) electrons. The zero-order valence-electron chi connectivity index (χ0n) is 22.2. The topological polar surface area (TPSA) is 63.6 Å². The lowest BCUT2D eigenvalue weighted by Crippen LogP contribution is -2.16. The molecule has 0 aromatic rings. The lowest BCUT2D eigenvalue weighted by Gasteiger charge is -2.12. The third kappa shape index (κ3) is 23.9. The number of rotatable bonds is 26. The predicted molar refractivity (Wildman–Crippen MR) is 140 cm³/mol. The van der Waals surface area contributed by atoms with Crippen LogP contribution < -0.4 is 0 Å². The number of carbonyl (C=O) groups excluding carboxylic acids is 1. The molecule has 0 aromatic heterocycles. The minimum Gasteiger partial charge on any atom is -0.481 e. The molecule has 0 spiro atoms. The first-order valence-corrected chi connectivity index (χ1v) is 14.5. The summed E-state index contributed by atoms with van der Waals surface area (Å²) < 4.78 is 5.32. The molecular weight excluding hydrogens is 412 g/mol. The molecule has 0 aliphatic carbocycles. The maximum atomic E-state index is 12.0. The molecule has 0 amide bonds. The van der Waals surface area contributed by atoms with E-state index in [1.165, 1.54) is 103 Å². The number of carbonyl (C=O) groups is 2. The molecule has 0 rings (SSSR count). The Bertz CT molecular complexity index is 435. The maximum Gasteiger partial charge on any atom is 0.306 e. The van der Waals surface area contributed by atoms with Gasteiger partial charge in [-0.15, -0.1) is 0 Å². The Morgan fingerprint density at radius 3 is 1.39 bits per heavy atom. The Labute approximate surface area is 205 Å². The van der Waals surface area contributed by atoms with Crippen molar-refractivity contribution in [3.63, 3.8) is 0 Å². The monoisotopic (exact) mass is 468 g/mol. The Morgan fingerprint density at radius 2 is 0.970 bits per heavy atom. The molecule has 1 N–H and O–H groups in total. The van der Waals surface area contributed by atoms with E-state index in [9.17, 15) is 14.7 Å². The van der Waals surface area contributed by atoms with Crippen molar-refractivity contribution in [2.24, 2.45) is 5.92 Å². The maximum absolute atomic E-state index is 12.0. The van der Waals surface area contributed by atoms with Gasteiger partial charge in [0.25, 0.3) is 0 Å². The number of unbranched alkanes of at least 4 members (excludes halogenated alkanes) is 18. The summed E-state index contributed by atoms with van der Waals surface area (Å²) in [5, 5.41) is 9.45. The highest BCUT2D eigenvalue weighted by atomic mass is 16.5. The van der Waals surface area contributed by atoms with Crippen LogP contribution in [0.25, 0.3) is 0 Å². The molecule has 0 heterocycles. The van der Waals surface area contributed by atoms with Crippen LogP contribution >= 0.6 is 0 Å². The highest BCUT2D eigenvalue weighted by Crippen LogP contribution is 2.18. The van der Waals surface area contributed by atoms with E-state index in [2.05, 4.69) is 13.8 Å². The fraction of sp³-hybridized carbons (Fsp3) is 0.931. The van der Waals surface area contributed by atoms with Crippen LogP contribution in [0.5, 0.6) is 0 Å². The van der Waals surface area contributed by atoms with Crippen LogP contribution in [0.4, 0.5) is 0 Å². The van der Waals surface area contributed by atoms with Gasteiger partial charge in [-0.2, -0.15) is 0 Å². The normalized spacial score (nSPS) is 12.1. The fourth-order valence-electron chi connectivity index (χ4n) is 4.41. The molecule has 0 saturated carbocycles. The summed E-state index contributed by atoms with van der Waals surface area (Å²) in [5.41, 5.74) is 0. The molecule has 0 aromatic carbocycles. The molecule has 0 unspecified atom stereocenters. The number of carboxylic acids is 1. The third-order valence-electron chi connectivity index (χ3n) is 6.71. The molecule has 0 aliphatic rings. The Kier molecular flexibility index (Phi) is 24.7. The zero-order valence-corrected chi connectivity index (χ0v) is 22.2. The Balaban J connectivity index is 3.58. The average Bonchev–Trinajstić information content (AvgIpc) is 2.80. The molecule has 4 heteroatoms. The first kappa shape index (κ1) is 31.9. The van der Waals surface area contributed by atoms with Gasteiger partial charge in [0.2, 0.25) is 0 Å². The molecule has 0 bridgehead atoms. The van der Waals surface area contributed by atoms with E-state index in [1.54, 1.807) is 0 Å². The van der Waals surface area contributed by atoms with E-state index in [4.69, 9.17) is 4.74 Å². The SMILES string of the molecule is CCCCCCCCCCCCOC(=O)CC[C@H](CCCCCCCCCCCC)C(=O)O. The number of carboxylic acid groups (broad SMARTS) is 1. The molecule has 196 valence electrons. The second kappa shape index (κ2) is 25.6. The van der Waals surface area contributed by atoms with Gasteiger partial charge >= 0.3 is 11.9 Å². The number of hydrogen-bond acceptors (Lipinski definition) is 3. The standard InChI is InChI=1S/C29H56O4/c1-3-5-7-9-11-13-15-17-19-21-23-27(29(31)32)24-25-28(30)33-26-22-20-18-16-14-12-10-8-6-4-2/h27H,3-26H2,1-2H3,(H,31,32)/t27-/m0/s1. The van der Waals surface area contributed by atoms with Gasteiger partial charge in [-0.25, -0.2) is 0 Å². The summed E-state index contributed by atoms with van der Waals surface area (Å²) in [5.74, 6) is -1.42. The van der Waals surface area contributed by atoms with Gasteiger partial charge in [-0.1, -0.05) is 136 Å². The molecule has 1 atom stereocenters. The number of esters is 1. The predicted octanol–water partition coefficient (Wildman–Crippen LogP) is 9.24. The van der Waals surface area contributed by atoms with Gasteiger partial charge in [-0.3, -0.25) is 9.59 Å². The summed E-state index contributed by atoms with van der Waals surface area (Å²) in [4.78, 5) is 23.5. The lowest BCUT2D eigenvalue weighted by atomic mass is 9.95. The highest BCUT2D eigenvalue weighted by Gasteiger charge is 2.18. The van der Waals surface area contributed by atoms with E-state index in [-0.39, 0.29) is 12.4 Å². The van der Waals surface area contributed by atoms with E-state index >= 15 is 0 Å².